The van der Waals surface area contributed by atoms with Crippen molar-refractivity contribution in [3.8, 4) is 0 Å². The van der Waals surface area contributed by atoms with Gasteiger partial charge in [-0.3, -0.25) is 0 Å². The topological polar surface area (TPSA) is 49.8 Å². The van der Waals surface area contributed by atoms with Crippen LogP contribution in [0.2, 0.25) is 10.0 Å². The molecule has 0 radical (unpaired) electrons. The van der Waals surface area contributed by atoms with Crippen molar-refractivity contribution in [2.24, 2.45) is 0 Å². The average molecular weight is 360 g/mol. The Bertz CT molecular complexity index is 571. The van der Waals surface area contributed by atoms with Crippen LogP contribution in [0.1, 0.15) is 51.7 Å². The van der Waals surface area contributed by atoms with Crippen molar-refractivity contribution in [3.05, 3.63) is 33.8 Å². The van der Waals surface area contributed by atoms with Crippen molar-refractivity contribution in [1.29, 1.82) is 0 Å². The molecule has 0 spiro atoms. The van der Waals surface area contributed by atoms with Gasteiger partial charge in [0, 0.05) is 6.54 Å². The van der Waals surface area contributed by atoms with Crippen molar-refractivity contribution < 1.29 is 14.6 Å². The number of aliphatic hydroxyl groups is 1. The largest absolute Gasteiger partial charge is 0.444 e. The summed E-state index contributed by atoms with van der Waals surface area (Å²) in [5.74, 6) is 0. The summed E-state index contributed by atoms with van der Waals surface area (Å²) in [7, 11) is 0. The van der Waals surface area contributed by atoms with Crippen LogP contribution in [0.25, 0.3) is 0 Å². The van der Waals surface area contributed by atoms with Crippen LogP contribution < -0.4 is 0 Å². The molecule has 1 aromatic carbocycles. The molecule has 1 aliphatic rings. The van der Waals surface area contributed by atoms with Crippen LogP contribution in [0.3, 0.4) is 0 Å². The van der Waals surface area contributed by atoms with Gasteiger partial charge in [-0.15, -0.1) is 0 Å². The van der Waals surface area contributed by atoms with Gasteiger partial charge in [-0.25, -0.2) is 4.79 Å². The van der Waals surface area contributed by atoms with E-state index in [1.54, 1.807) is 23.1 Å². The summed E-state index contributed by atoms with van der Waals surface area (Å²) >= 11 is 12.0. The minimum Gasteiger partial charge on any atom is -0.444 e. The number of hydrogen-bond acceptors (Lipinski definition) is 3. The molecule has 1 aromatic rings. The fraction of sp³-hybridized carbons (Fsp3) is 0.588. The molecule has 2 rings (SSSR count). The molecule has 1 aliphatic heterocycles. The summed E-state index contributed by atoms with van der Waals surface area (Å²) in [6.07, 6.45) is 1.38. The molecule has 1 heterocycles. The first-order valence-electron chi connectivity index (χ1n) is 7.81. The highest BCUT2D eigenvalue weighted by atomic mass is 35.5. The molecule has 1 unspecified atom stereocenters. The molecule has 0 bridgehead atoms. The highest BCUT2D eigenvalue weighted by molar-refractivity contribution is 6.42. The number of carbonyl (C=O) groups is 1. The molecule has 1 saturated heterocycles. The number of benzene rings is 1. The molecular weight excluding hydrogens is 337 g/mol. The molecule has 0 aromatic heterocycles. The fourth-order valence-electron chi connectivity index (χ4n) is 2.75. The van der Waals surface area contributed by atoms with E-state index in [9.17, 15) is 9.90 Å². The average Bonchev–Trinajstić information content (AvgIpc) is 2.47. The Morgan fingerprint density at radius 1 is 1.30 bits per heavy atom. The van der Waals surface area contributed by atoms with Crippen LogP contribution in [0.4, 0.5) is 4.79 Å². The van der Waals surface area contributed by atoms with Gasteiger partial charge in [0.15, 0.2) is 0 Å². The molecule has 23 heavy (non-hydrogen) atoms. The van der Waals surface area contributed by atoms with E-state index < -0.39 is 11.7 Å². The summed E-state index contributed by atoms with van der Waals surface area (Å²) in [5.41, 5.74) is 0.0908. The predicted octanol–water partition coefficient (Wildman–Crippen LogP) is 4.82. The number of hydrogen-bond donors (Lipinski definition) is 1. The number of ether oxygens (including phenoxy) is 1. The Balaban J connectivity index is 2.19. The van der Waals surface area contributed by atoms with Crippen molar-refractivity contribution in [2.75, 3.05) is 6.54 Å². The van der Waals surface area contributed by atoms with Crippen molar-refractivity contribution >= 4 is 29.3 Å². The molecular formula is C17H23Cl2NO3. The van der Waals surface area contributed by atoms with E-state index >= 15 is 0 Å². The zero-order chi connectivity index (χ0) is 17.2. The third-order valence-electron chi connectivity index (χ3n) is 3.83. The van der Waals surface area contributed by atoms with E-state index in [1.165, 1.54) is 0 Å². The van der Waals surface area contributed by atoms with Gasteiger partial charge >= 0.3 is 6.09 Å². The minimum atomic E-state index is -0.822. The Kier molecular flexibility index (Phi) is 5.82. The maximum absolute atomic E-state index is 12.4. The summed E-state index contributed by atoms with van der Waals surface area (Å²) in [4.78, 5) is 14.1. The maximum Gasteiger partial charge on any atom is 0.410 e. The van der Waals surface area contributed by atoms with Crippen LogP contribution in [0, 0.1) is 0 Å². The Morgan fingerprint density at radius 2 is 2.00 bits per heavy atom. The van der Waals surface area contributed by atoms with Gasteiger partial charge in [0.2, 0.25) is 0 Å². The van der Waals surface area contributed by atoms with E-state index in [4.69, 9.17) is 27.9 Å². The molecule has 4 nitrogen and oxygen atoms in total. The normalized spacial score (nSPS) is 20.3. The quantitative estimate of drug-likeness (QED) is 0.823. The number of piperidine rings is 1. The Morgan fingerprint density at radius 3 is 2.61 bits per heavy atom. The van der Waals surface area contributed by atoms with Crippen molar-refractivity contribution in [3.63, 3.8) is 0 Å². The van der Waals surface area contributed by atoms with Crippen LogP contribution in [-0.2, 0) is 4.74 Å². The smallest absolute Gasteiger partial charge is 0.410 e. The standard InChI is InChI=1S/C17H23Cl2NO3/c1-17(2,3)23-16(22)20-9-5-4-6-14(20)15(21)11-7-8-12(18)13(19)10-11/h7-8,10,14-15,21H,4-6,9H2,1-3H3/t14-,15?/m1/s1. The van der Waals surface area contributed by atoms with E-state index in [0.29, 0.717) is 22.2 Å². The van der Waals surface area contributed by atoms with E-state index in [1.807, 2.05) is 20.8 Å². The van der Waals surface area contributed by atoms with Gasteiger partial charge in [-0.2, -0.15) is 0 Å². The third kappa shape index (κ3) is 4.75. The predicted molar refractivity (Wildman–Crippen MR) is 92.0 cm³/mol. The Hall–Kier alpha value is -0.970. The molecule has 0 aliphatic carbocycles. The number of aliphatic hydroxyl groups excluding tert-OH is 1. The summed E-state index contributed by atoms with van der Waals surface area (Å²) in [6.45, 7) is 6.08. The molecule has 1 fully saturated rings. The van der Waals surface area contributed by atoms with Gasteiger partial charge in [-0.05, 0) is 57.7 Å². The number of rotatable bonds is 2. The molecule has 0 saturated carbocycles. The zero-order valence-electron chi connectivity index (χ0n) is 13.7. The van der Waals surface area contributed by atoms with E-state index in [-0.39, 0.29) is 12.1 Å². The first-order chi connectivity index (χ1) is 10.7. The first-order valence-corrected chi connectivity index (χ1v) is 8.57. The second-order valence-corrected chi connectivity index (χ2v) is 7.67. The van der Waals surface area contributed by atoms with Crippen molar-refractivity contribution in [2.45, 2.75) is 57.8 Å². The second-order valence-electron chi connectivity index (χ2n) is 6.86. The molecule has 1 N–H and O–H groups in total. The molecule has 1 amide bonds. The number of likely N-dealkylation sites (tertiary alicyclic amines) is 1. The SMILES string of the molecule is CC(C)(C)OC(=O)N1CCCC[C@@H]1C(O)c1ccc(Cl)c(Cl)c1. The minimum absolute atomic E-state index is 0.323. The van der Waals surface area contributed by atoms with Gasteiger partial charge in [0.05, 0.1) is 22.2 Å². The summed E-state index contributed by atoms with van der Waals surface area (Å²) < 4.78 is 5.47. The highest BCUT2D eigenvalue weighted by Crippen LogP contribution is 2.32. The molecule has 6 heteroatoms. The van der Waals surface area contributed by atoms with Gasteiger partial charge in [0.25, 0.3) is 0 Å². The van der Waals surface area contributed by atoms with Crippen LogP contribution in [0.5, 0.6) is 0 Å². The number of halogens is 2. The lowest BCUT2D eigenvalue weighted by Gasteiger charge is -2.39. The van der Waals surface area contributed by atoms with Crippen LogP contribution in [-0.4, -0.2) is 34.3 Å². The van der Waals surface area contributed by atoms with Crippen LogP contribution >= 0.6 is 23.2 Å². The zero-order valence-corrected chi connectivity index (χ0v) is 15.2. The number of carbonyl (C=O) groups excluding carboxylic acids is 1. The fourth-order valence-corrected chi connectivity index (χ4v) is 3.06. The summed E-state index contributed by atoms with van der Waals surface area (Å²) in [6, 6.07) is 4.72. The molecule has 128 valence electrons. The maximum atomic E-state index is 12.4. The van der Waals surface area contributed by atoms with Crippen LogP contribution in [0.15, 0.2) is 18.2 Å². The third-order valence-corrected chi connectivity index (χ3v) is 4.57. The highest BCUT2D eigenvalue weighted by Gasteiger charge is 2.35. The van der Waals surface area contributed by atoms with E-state index in [2.05, 4.69) is 0 Å². The monoisotopic (exact) mass is 359 g/mol. The first kappa shape index (κ1) is 18.4. The van der Waals surface area contributed by atoms with Gasteiger partial charge < -0.3 is 14.7 Å². The Labute approximate surface area is 147 Å². The molecule has 2 atom stereocenters. The number of nitrogens with zero attached hydrogens (tertiary/aromatic N) is 1. The van der Waals surface area contributed by atoms with E-state index in [0.717, 1.165) is 19.3 Å². The number of amides is 1. The van der Waals surface area contributed by atoms with Gasteiger partial charge in [0.1, 0.15) is 5.60 Å². The van der Waals surface area contributed by atoms with Gasteiger partial charge in [-0.1, -0.05) is 29.3 Å². The lowest BCUT2D eigenvalue weighted by atomic mass is 9.93. The lowest BCUT2D eigenvalue weighted by Crippen LogP contribution is -2.48. The lowest BCUT2D eigenvalue weighted by molar-refractivity contribution is -0.0169. The van der Waals surface area contributed by atoms with Crippen molar-refractivity contribution in [1.82, 2.24) is 4.90 Å². The second kappa shape index (κ2) is 7.29. The summed E-state index contributed by atoms with van der Waals surface area (Å²) in [5, 5.41) is 11.6.